The average molecular weight is 321 g/mol. The highest BCUT2D eigenvalue weighted by atomic mass is 32.1. The molecule has 0 fully saturated rings. The van der Waals surface area contributed by atoms with Crippen LogP contribution in [0.1, 0.15) is 29.9 Å². The summed E-state index contributed by atoms with van der Waals surface area (Å²) in [6, 6.07) is 6.74. The van der Waals surface area contributed by atoms with E-state index in [4.69, 9.17) is 4.42 Å². The van der Waals surface area contributed by atoms with Crippen LogP contribution in [0.15, 0.2) is 39.2 Å². The lowest BCUT2D eigenvalue weighted by Crippen LogP contribution is -2.16. The maximum Gasteiger partial charge on any atom is 0.433 e. The van der Waals surface area contributed by atoms with Crippen LogP contribution in [-0.4, -0.2) is 17.0 Å². The first-order chi connectivity index (χ1) is 10.6. The van der Waals surface area contributed by atoms with E-state index in [1.807, 2.05) is 11.4 Å². The van der Waals surface area contributed by atoms with Gasteiger partial charge in [0.25, 0.3) is 0 Å². The molecular formula is C14H15N3O4S. The molecule has 0 bridgehead atoms. The molecule has 0 saturated heterocycles. The molecule has 116 valence electrons. The second kappa shape index (κ2) is 8.08. The number of rotatable bonds is 8. The van der Waals surface area contributed by atoms with Gasteiger partial charge in [0.1, 0.15) is 4.92 Å². The number of hydrogen-bond acceptors (Lipinski definition) is 6. The lowest BCUT2D eigenvalue weighted by atomic mass is 10.2. The zero-order valence-electron chi connectivity index (χ0n) is 11.7. The highest BCUT2D eigenvalue weighted by molar-refractivity contribution is 7.09. The largest absolute Gasteiger partial charge is 0.433 e. The predicted molar refractivity (Wildman–Crippen MR) is 83.0 cm³/mol. The Labute approximate surface area is 130 Å². The molecule has 0 unspecified atom stereocenters. The van der Waals surface area contributed by atoms with E-state index in [-0.39, 0.29) is 17.6 Å². The van der Waals surface area contributed by atoms with Gasteiger partial charge in [0.2, 0.25) is 5.91 Å². The second-order valence-electron chi connectivity index (χ2n) is 4.51. The van der Waals surface area contributed by atoms with Crippen molar-refractivity contribution in [1.29, 1.82) is 0 Å². The first-order valence-electron chi connectivity index (χ1n) is 6.73. The monoisotopic (exact) mass is 321 g/mol. The van der Waals surface area contributed by atoms with Crippen LogP contribution >= 0.6 is 11.3 Å². The van der Waals surface area contributed by atoms with Crippen LogP contribution < -0.4 is 5.43 Å². The Morgan fingerprint density at radius 3 is 2.95 bits per heavy atom. The Bertz CT molecular complexity index is 649. The van der Waals surface area contributed by atoms with Crippen molar-refractivity contribution in [2.75, 3.05) is 0 Å². The van der Waals surface area contributed by atoms with Crippen LogP contribution in [0.2, 0.25) is 0 Å². The lowest BCUT2D eigenvalue weighted by molar-refractivity contribution is -0.402. The molecule has 1 N–H and O–H groups in total. The van der Waals surface area contributed by atoms with Crippen molar-refractivity contribution < 1.29 is 14.1 Å². The number of hydrogen-bond donors (Lipinski definition) is 1. The minimum atomic E-state index is -0.635. The van der Waals surface area contributed by atoms with Crippen LogP contribution in [0.25, 0.3) is 0 Å². The van der Waals surface area contributed by atoms with Gasteiger partial charge in [0.05, 0.1) is 12.3 Å². The molecular weight excluding hydrogens is 306 g/mol. The van der Waals surface area contributed by atoms with Gasteiger partial charge in [-0.25, -0.2) is 5.43 Å². The number of aryl methyl sites for hydroxylation is 1. The summed E-state index contributed by atoms with van der Waals surface area (Å²) < 4.78 is 4.87. The van der Waals surface area contributed by atoms with Crippen LogP contribution in [-0.2, 0) is 11.2 Å². The summed E-state index contributed by atoms with van der Waals surface area (Å²) in [4.78, 5) is 22.7. The summed E-state index contributed by atoms with van der Waals surface area (Å²) in [6.45, 7) is 0. The normalized spacial score (nSPS) is 10.9. The minimum absolute atomic E-state index is 0.191. The van der Waals surface area contributed by atoms with Crippen molar-refractivity contribution in [3.63, 3.8) is 0 Å². The van der Waals surface area contributed by atoms with E-state index in [0.29, 0.717) is 6.42 Å². The lowest BCUT2D eigenvalue weighted by Gasteiger charge is -1.99. The van der Waals surface area contributed by atoms with Gasteiger partial charge >= 0.3 is 5.88 Å². The summed E-state index contributed by atoms with van der Waals surface area (Å²) in [5, 5.41) is 16.2. The second-order valence-corrected chi connectivity index (χ2v) is 5.55. The van der Waals surface area contributed by atoms with Crippen molar-refractivity contribution in [3.8, 4) is 0 Å². The van der Waals surface area contributed by atoms with Crippen LogP contribution in [0.5, 0.6) is 0 Å². The topological polar surface area (TPSA) is 97.7 Å². The number of nitro groups is 1. The van der Waals surface area contributed by atoms with E-state index in [2.05, 4.69) is 16.6 Å². The van der Waals surface area contributed by atoms with E-state index in [9.17, 15) is 14.9 Å². The number of carbonyl (C=O) groups is 1. The minimum Gasteiger partial charge on any atom is -0.400 e. The average Bonchev–Trinajstić information content (AvgIpc) is 3.15. The Morgan fingerprint density at radius 2 is 2.27 bits per heavy atom. The molecule has 1 amide bonds. The molecule has 0 aliphatic carbocycles. The molecule has 2 aromatic heterocycles. The zero-order valence-corrected chi connectivity index (χ0v) is 12.5. The quantitative estimate of drug-likeness (QED) is 0.349. The van der Waals surface area contributed by atoms with Crippen molar-refractivity contribution in [2.24, 2.45) is 5.10 Å². The van der Waals surface area contributed by atoms with Crippen molar-refractivity contribution in [2.45, 2.75) is 25.7 Å². The standard InChI is InChI=1S/C14H15N3O4S/c18-13(6-2-1-4-12-5-3-9-22-12)16-15-10-11-7-8-14(21-11)17(19)20/h3,5,7-10H,1-2,4,6H2,(H,16,18)/b15-10-. The molecule has 0 saturated carbocycles. The fourth-order valence-electron chi connectivity index (χ4n) is 1.77. The summed E-state index contributed by atoms with van der Waals surface area (Å²) in [5.41, 5.74) is 2.37. The third-order valence-corrected chi connectivity index (χ3v) is 3.77. The number of furan rings is 1. The Balaban J connectivity index is 1.64. The van der Waals surface area contributed by atoms with Crippen LogP contribution in [0.3, 0.4) is 0 Å². The van der Waals surface area contributed by atoms with Gasteiger partial charge < -0.3 is 4.42 Å². The molecule has 0 atom stereocenters. The van der Waals surface area contributed by atoms with Gasteiger partial charge in [-0.1, -0.05) is 6.07 Å². The van der Waals surface area contributed by atoms with Gasteiger partial charge in [0, 0.05) is 11.3 Å². The molecule has 0 aliphatic heterocycles. The summed E-state index contributed by atoms with van der Waals surface area (Å²) in [7, 11) is 0. The van der Waals surface area contributed by atoms with Crippen molar-refractivity contribution in [3.05, 3.63) is 50.4 Å². The van der Waals surface area contributed by atoms with Gasteiger partial charge in [0.15, 0.2) is 5.76 Å². The maximum absolute atomic E-state index is 11.5. The maximum atomic E-state index is 11.5. The fourth-order valence-corrected chi connectivity index (χ4v) is 2.52. The van der Waals surface area contributed by atoms with Gasteiger partial charge in [-0.05, 0) is 36.8 Å². The van der Waals surface area contributed by atoms with E-state index in [0.717, 1.165) is 19.3 Å². The highest BCUT2D eigenvalue weighted by Gasteiger charge is 2.10. The van der Waals surface area contributed by atoms with Gasteiger partial charge in [-0.3, -0.25) is 14.9 Å². The number of hydrazone groups is 1. The van der Waals surface area contributed by atoms with Crippen molar-refractivity contribution in [1.82, 2.24) is 5.43 Å². The number of nitrogens with zero attached hydrogens (tertiary/aromatic N) is 2. The molecule has 0 spiro atoms. The number of unbranched alkanes of at least 4 members (excludes halogenated alkanes) is 1. The molecule has 22 heavy (non-hydrogen) atoms. The van der Waals surface area contributed by atoms with Crippen LogP contribution in [0.4, 0.5) is 5.88 Å². The number of nitrogens with one attached hydrogen (secondary N) is 1. The van der Waals surface area contributed by atoms with E-state index >= 15 is 0 Å². The van der Waals surface area contributed by atoms with E-state index < -0.39 is 4.92 Å². The predicted octanol–water partition coefficient (Wildman–Crippen LogP) is 3.11. The first-order valence-corrected chi connectivity index (χ1v) is 7.61. The number of carbonyl (C=O) groups excluding carboxylic acids is 1. The van der Waals surface area contributed by atoms with Gasteiger partial charge in [-0.2, -0.15) is 5.10 Å². The smallest absolute Gasteiger partial charge is 0.400 e. The molecule has 7 nitrogen and oxygen atoms in total. The third kappa shape index (κ3) is 5.13. The van der Waals surface area contributed by atoms with E-state index in [1.54, 1.807) is 11.3 Å². The highest BCUT2D eigenvalue weighted by Crippen LogP contribution is 2.14. The first kappa shape index (κ1) is 15.9. The van der Waals surface area contributed by atoms with Crippen molar-refractivity contribution >= 4 is 29.3 Å². The molecule has 2 heterocycles. The molecule has 0 radical (unpaired) electrons. The number of thiophene rings is 1. The Morgan fingerprint density at radius 1 is 1.41 bits per heavy atom. The number of amides is 1. The molecule has 2 aromatic rings. The summed E-state index contributed by atoms with van der Waals surface area (Å²) >= 11 is 1.71. The third-order valence-electron chi connectivity index (χ3n) is 2.83. The fraction of sp³-hybridized carbons (Fsp3) is 0.286. The SMILES string of the molecule is O=C(CCCCc1cccs1)N/N=C\c1ccc([N+](=O)[O-])o1. The molecule has 0 aromatic carbocycles. The zero-order chi connectivity index (χ0) is 15.8. The van der Waals surface area contributed by atoms with E-state index in [1.165, 1.54) is 23.2 Å². The summed E-state index contributed by atoms with van der Waals surface area (Å²) in [5.74, 6) is -0.338. The summed E-state index contributed by atoms with van der Waals surface area (Å²) in [6.07, 6.45) is 4.33. The molecule has 8 heteroatoms. The van der Waals surface area contributed by atoms with Crippen LogP contribution in [0, 0.1) is 10.1 Å². The Hall–Kier alpha value is -2.48. The molecule has 2 rings (SSSR count). The molecule has 0 aliphatic rings. The Kier molecular flexibility index (Phi) is 5.84. The van der Waals surface area contributed by atoms with Gasteiger partial charge in [-0.15, -0.1) is 11.3 Å².